The Bertz CT molecular complexity index is 250. The van der Waals surface area contributed by atoms with E-state index in [1.807, 2.05) is 0 Å². The molecule has 2 N–H and O–H groups in total. The summed E-state index contributed by atoms with van der Waals surface area (Å²) in [6.45, 7) is 0.256. The van der Waals surface area contributed by atoms with E-state index < -0.39 is 11.9 Å². The predicted octanol–water partition coefficient (Wildman–Crippen LogP) is -0.0155. The summed E-state index contributed by atoms with van der Waals surface area (Å²) >= 11 is 0. The molecule has 0 aliphatic heterocycles. The molecule has 0 spiro atoms. The quantitative estimate of drug-likeness (QED) is 0.280. The molecule has 0 unspecified atom stereocenters. The van der Waals surface area contributed by atoms with E-state index in [0.29, 0.717) is 12.8 Å². The van der Waals surface area contributed by atoms with E-state index >= 15 is 0 Å². The summed E-state index contributed by atoms with van der Waals surface area (Å²) < 4.78 is 4.67. The number of carbonyl (C=O) groups excluding carboxylic acids is 2. The fourth-order valence-corrected chi connectivity index (χ4v) is 0.545. The number of hydrogen-bond acceptors (Lipinski definition) is 3. The number of amides is 1. The van der Waals surface area contributed by atoms with Crippen LogP contribution in [0, 0.1) is 12.3 Å². The minimum atomic E-state index is -0.680. The first-order valence-electron chi connectivity index (χ1n) is 3.74. The number of esters is 1. The smallest absolute Gasteiger partial charge is 0.330 e. The molecule has 0 bridgehead atoms. The van der Waals surface area contributed by atoms with Crippen LogP contribution in [0.25, 0.3) is 0 Å². The molecule has 70 valence electrons. The number of rotatable bonds is 5. The Morgan fingerprint density at radius 1 is 1.46 bits per heavy atom. The van der Waals surface area contributed by atoms with Gasteiger partial charge < -0.3 is 10.5 Å². The van der Waals surface area contributed by atoms with E-state index in [1.54, 1.807) is 0 Å². The molecule has 0 aromatic rings. The average Bonchev–Trinajstić information content (AvgIpc) is 2.09. The first-order valence-corrected chi connectivity index (χ1v) is 3.74. The lowest BCUT2D eigenvalue weighted by Gasteiger charge is -1.97. The standard InChI is InChI=1S/C9H11NO3/c1-2-3-4-7-13-9(12)6-5-8(10)11/h1,5-6H,3-4,7H2,(H2,10,11)/b6-5+. The van der Waals surface area contributed by atoms with Crippen LogP contribution in [-0.4, -0.2) is 18.5 Å². The molecular weight excluding hydrogens is 170 g/mol. The van der Waals surface area contributed by atoms with Gasteiger partial charge >= 0.3 is 5.97 Å². The van der Waals surface area contributed by atoms with Crippen LogP contribution in [0.15, 0.2) is 12.2 Å². The van der Waals surface area contributed by atoms with Crippen molar-refractivity contribution in [1.29, 1.82) is 0 Å². The zero-order chi connectivity index (χ0) is 10.1. The Labute approximate surface area is 76.7 Å². The Morgan fingerprint density at radius 3 is 2.69 bits per heavy atom. The van der Waals surface area contributed by atoms with E-state index in [4.69, 9.17) is 12.2 Å². The summed E-state index contributed by atoms with van der Waals surface area (Å²) in [6.07, 6.45) is 8.09. The van der Waals surface area contributed by atoms with Crippen molar-refractivity contribution in [2.45, 2.75) is 12.8 Å². The molecular formula is C9H11NO3. The second-order valence-corrected chi connectivity index (χ2v) is 2.21. The summed E-state index contributed by atoms with van der Waals surface area (Å²) in [5.74, 6) is 1.14. The van der Waals surface area contributed by atoms with Crippen LogP contribution in [0.2, 0.25) is 0 Å². The SMILES string of the molecule is C#CCCCOC(=O)/C=C/C(N)=O. The molecule has 0 aliphatic rings. The fraction of sp³-hybridized carbons (Fsp3) is 0.333. The van der Waals surface area contributed by atoms with Crippen LogP contribution in [0.3, 0.4) is 0 Å². The Hall–Kier alpha value is -1.76. The van der Waals surface area contributed by atoms with Gasteiger partial charge in [0.05, 0.1) is 6.61 Å². The molecule has 0 rings (SSSR count). The van der Waals surface area contributed by atoms with E-state index in [0.717, 1.165) is 12.2 Å². The molecule has 0 aromatic carbocycles. The van der Waals surface area contributed by atoms with Gasteiger partial charge in [0.15, 0.2) is 0 Å². The van der Waals surface area contributed by atoms with Crippen LogP contribution in [-0.2, 0) is 14.3 Å². The van der Waals surface area contributed by atoms with Crippen molar-refractivity contribution in [2.24, 2.45) is 5.73 Å². The first-order chi connectivity index (χ1) is 6.16. The first kappa shape index (κ1) is 11.2. The minimum Gasteiger partial charge on any atom is -0.462 e. The Kier molecular flexibility index (Phi) is 5.98. The normalized spacial score (nSPS) is 9.46. The van der Waals surface area contributed by atoms with Gasteiger partial charge in [0.2, 0.25) is 5.91 Å². The van der Waals surface area contributed by atoms with E-state index in [9.17, 15) is 9.59 Å². The van der Waals surface area contributed by atoms with Gasteiger partial charge in [0.1, 0.15) is 0 Å². The second kappa shape index (κ2) is 6.92. The molecule has 0 fully saturated rings. The number of ether oxygens (including phenoxy) is 1. The number of unbranched alkanes of at least 4 members (excludes halogenated alkanes) is 1. The van der Waals surface area contributed by atoms with E-state index in [2.05, 4.69) is 10.7 Å². The number of terminal acetylenes is 1. The molecule has 0 saturated heterocycles. The van der Waals surface area contributed by atoms with Gasteiger partial charge in [-0.1, -0.05) is 0 Å². The molecule has 0 atom stereocenters. The lowest BCUT2D eigenvalue weighted by Crippen LogP contribution is -2.08. The molecule has 1 amide bonds. The van der Waals surface area contributed by atoms with Crippen molar-refractivity contribution in [3.05, 3.63) is 12.2 Å². The minimum absolute atomic E-state index is 0.256. The molecule has 4 heteroatoms. The molecule has 0 aromatic heterocycles. The predicted molar refractivity (Wildman–Crippen MR) is 47.4 cm³/mol. The van der Waals surface area contributed by atoms with Crippen LogP contribution < -0.4 is 5.73 Å². The largest absolute Gasteiger partial charge is 0.462 e. The van der Waals surface area contributed by atoms with Crippen molar-refractivity contribution < 1.29 is 14.3 Å². The molecule has 4 nitrogen and oxygen atoms in total. The zero-order valence-corrected chi connectivity index (χ0v) is 7.16. The number of primary amides is 1. The second-order valence-electron chi connectivity index (χ2n) is 2.21. The fourth-order valence-electron chi connectivity index (χ4n) is 0.545. The molecule has 0 radical (unpaired) electrons. The highest BCUT2D eigenvalue weighted by atomic mass is 16.5. The summed E-state index contributed by atoms with van der Waals surface area (Å²) in [5, 5.41) is 0. The van der Waals surface area contributed by atoms with Gasteiger partial charge in [-0.3, -0.25) is 4.79 Å². The highest BCUT2D eigenvalue weighted by Crippen LogP contribution is 1.89. The Balaban J connectivity index is 3.53. The lowest BCUT2D eigenvalue weighted by atomic mass is 10.3. The topological polar surface area (TPSA) is 69.4 Å². The summed E-state index contributed by atoms with van der Waals surface area (Å²) in [4.78, 5) is 20.9. The Morgan fingerprint density at radius 2 is 2.15 bits per heavy atom. The van der Waals surface area contributed by atoms with Crippen molar-refractivity contribution in [3.8, 4) is 12.3 Å². The third-order valence-electron chi connectivity index (χ3n) is 1.09. The molecule has 0 heterocycles. The monoisotopic (exact) mass is 181 g/mol. The van der Waals surface area contributed by atoms with Crippen molar-refractivity contribution in [2.75, 3.05) is 6.61 Å². The van der Waals surface area contributed by atoms with E-state index in [-0.39, 0.29) is 6.61 Å². The number of carbonyl (C=O) groups is 2. The van der Waals surface area contributed by atoms with E-state index in [1.165, 1.54) is 0 Å². The maximum absolute atomic E-state index is 10.7. The maximum Gasteiger partial charge on any atom is 0.330 e. The van der Waals surface area contributed by atoms with Gasteiger partial charge in [-0.15, -0.1) is 12.3 Å². The molecule has 0 aliphatic carbocycles. The molecule has 0 saturated carbocycles. The zero-order valence-electron chi connectivity index (χ0n) is 7.16. The van der Waals surface area contributed by atoms with Crippen molar-refractivity contribution >= 4 is 11.9 Å². The van der Waals surface area contributed by atoms with Gasteiger partial charge in [-0.2, -0.15) is 0 Å². The highest BCUT2D eigenvalue weighted by molar-refractivity contribution is 5.93. The average molecular weight is 181 g/mol. The van der Waals surface area contributed by atoms with Crippen LogP contribution in [0.4, 0.5) is 0 Å². The van der Waals surface area contributed by atoms with Crippen LogP contribution in [0.1, 0.15) is 12.8 Å². The third kappa shape index (κ3) is 8.14. The van der Waals surface area contributed by atoms with Gasteiger partial charge in [-0.25, -0.2) is 4.79 Å². The van der Waals surface area contributed by atoms with Gasteiger partial charge in [-0.05, 0) is 6.42 Å². The number of nitrogens with two attached hydrogens (primary N) is 1. The van der Waals surface area contributed by atoms with Crippen molar-refractivity contribution in [1.82, 2.24) is 0 Å². The number of hydrogen-bond donors (Lipinski definition) is 1. The van der Waals surface area contributed by atoms with Gasteiger partial charge in [0.25, 0.3) is 0 Å². The lowest BCUT2D eigenvalue weighted by molar-refractivity contribution is -0.138. The van der Waals surface area contributed by atoms with Crippen LogP contribution >= 0.6 is 0 Å². The molecule has 13 heavy (non-hydrogen) atoms. The van der Waals surface area contributed by atoms with Crippen molar-refractivity contribution in [3.63, 3.8) is 0 Å². The van der Waals surface area contributed by atoms with Gasteiger partial charge in [0, 0.05) is 18.6 Å². The maximum atomic E-state index is 10.7. The highest BCUT2D eigenvalue weighted by Gasteiger charge is 1.96. The summed E-state index contributed by atoms with van der Waals surface area (Å²) in [7, 11) is 0. The van der Waals surface area contributed by atoms with Crippen LogP contribution in [0.5, 0.6) is 0 Å². The summed E-state index contributed by atoms with van der Waals surface area (Å²) in [5.41, 5.74) is 4.76. The third-order valence-corrected chi connectivity index (χ3v) is 1.09. The summed E-state index contributed by atoms with van der Waals surface area (Å²) in [6, 6.07) is 0.